The normalized spacial score (nSPS) is 15.1. The van der Waals surface area contributed by atoms with E-state index in [9.17, 15) is 35.9 Å². The highest BCUT2D eigenvalue weighted by Gasteiger charge is 2.39. The maximum atomic E-state index is 14.3. The van der Waals surface area contributed by atoms with Crippen molar-refractivity contribution in [3.63, 3.8) is 0 Å². The number of hydrogen-bond donors (Lipinski definition) is 2. The van der Waals surface area contributed by atoms with Gasteiger partial charge in [-0.1, -0.05) is 18.2 Å². The van der Waals surface area contributed by atoms with Crippen molar-refractivity contribution in [1.29, 1.82) is 0 Å². The molecule has 0 aliphatic carbocycles. The largest absolute Gasteiger partial charge is 0.491 e. The molecule has 2 heterocycles. The van der Waals surface area contributed by atoms with Gasteiger partial charge >= 0.3 is 12.5 Å². The van der Waals surface area contributed by atoms with E-state index < -0.39 is 52.3 Å². The first-order valence-corrected chi connectivity index (χ1v) is 10.7. The molecule has 1 saturated heterocycles. The molecule has 1 aliphatic rings. The Bertz CT molecular complexity index is 1350. The van der Waals surface area contributed by atoms with Gasteiger partial charge in [-0.15, -0.1) is 13.2 Å². The number of amides is 1. The Morgan fingerprint density at radius 1 is 1.03 bits per heavy atom. The molecule has 36 heavy (non-hydrogen) atoms. The second-order valence-corrected chi connectivity index (χ2v) is 7.99. The van der Waals surface area contributed by atoms with Gasteiger partial charge in [0.15, 0.2) is 5.78 Å². The number of carbonyl (C=O) groups excluding carboxylic acids is 2. The summed E-state index contributed by atoms with van der Waals surface area (Å²) in [6.45, 7) is 1.28. The van der Waals surface area contributed by atoms with Crippen LogP contribution in [0.2, 0.25) is 0 Å². The zero-order chi connectivity index (χ0) is 26.3. The van der Waals surface area contributed by atoms with E-state index in [1.807, 2.05) is 0 Å². The topological polar surface area (TPSA) is 93.2 Å². The molecule has 0 atom stereocenters. The number of nitrogens with one attached hydrogen (secondary N) is 1. The molecule has 13 heteroatoms. The first kappa shape index (κ1) is 25.2. The van der Waals surface area contributed by atoms with Crippen molar-refractivity contribution in [2.75, 3.05) is 31.1 Å². The van der Waals surface area contributed by atoms with Crippen LogP contribution in [0.25, 0.3) is 17.1 Å². The lowest BCUT2D eigenvalue weighted by Crippen LogP contribution is -2.45. The lowest BCUT2D eigenvalue weighted by molar-refractivity contribution is -0.199. The Labute approximate surface area is 200 Å². The van der Waals surface area contributed by atoms with Crippen molar-refractivity contribution in [2.24, 2.45) is 5.73 Å². The Morgan fingerprint density at radius 2 is 1.72 bits per heavy atom. The van der Waals surface area contributed by atoms with E-state index in [4.69, 9.17) is 5.73 Å². The predicted molar refractivity (Wildman–Crippen MR) is 119 cm³/mol. The maximum Gasteiger partial charge on any atom is 0.491 e. The lowest BCUT2D eigenvalue weighted by atomic mass is 9.99. The number of hydrogen-bond acceptors (Lipinski definition) is 5. The Hall–Kier alpha value is -3.87. The molecule has 0 bridgehead atoms. The molecule has 3 N–H and O–H groups in total. The van der Waals surface area contributed by atoms with E-state index in [0.717, 1.165) is 42.5 Å². The van der Waals surface area contributed by atoms with Crippen molar-refractivity contribution in [3.8, 4) is 0 Å². The van der Waals surface area contributed by atoms with Gasteiger partial charge in [0, 0.05) is 26.2 Å². The van der Waals surface area contributed by atoms with Crippen LogP contribution in [-0.2, 0) is 12.5 Å². The number of fused-ring (bicyclic) bond motifs is 1. The second-order valence-electron chi connectivity index (χ2n) is 7.99. The molecule has 0 saturated carbocycles. The summed E-state index contributed by atoms with van der Waals surface area (Å²) in [4.78, 5) is 30.7. The second kappa shape index (κ2) is 9.30. The van der Waals surface area contributed by atoms with Crippen molar-refractivity contribution in [1.82, 2.24) is 14.9 Å². The van der Waals surface area contributed by atoms with Gasteiger partial charge < -0.3 is 16.0 Å². The number of imidazole rings is 1. The number of aromatic nitrogens is 2. The van der Waals surface area contributed by atoms with Gasteiger partial charge in [0.25, 0.3) is 0 Å². The number of ketones is 1. The number of nitrogens with zero attached hydrogens (tertiary/aromatic N) is 3. The number of nitrogens with two attached hydrogens (primary N) is 1. The average Bonchev–Trinajstić information content (AvgIpc) is 3.22. The van der Waals surface area contributed by atoms with Crippen LogP contribution in [0.5, 0.6) is 0 Å². The molecular formula is C23H19F6N5O2. The number of carbonyl (C=O) groups is 2. The number of piperazine rings is 1. The fourth-order valence-electron chi connectivity index (χ4n) is 4.00. The highest BCUT2D eigenvalue weighted by atomic mass is 19.4. The van der Waals surface area contributed by atoms with E-state index >= 15 is 0 Å². The van der Waals surface area contributed by atoms with E-state index in [2.05, 4.69) is 10.3 Å². The van der Waals surface area contributed by atoms with Crippen molar-refractivity contribution in [2.45, 2.75) is 12.5 Å². The first-order valence-electron chi connectivity index (χ1n) is 10.7. The quantitative estimate of drug-likeness (QED) is 0.308. The molecule has 0 radical (unpaired) electrons. The number of alkyl halides is 6. The monoisotopic (exact) mass is 511 g/mol. The van der Waals surface area contributed by atoms with Gasteiger partial charge in [-0.2, -0.15) is 13.2 Å². The van der Waals surface area contributed by atoms with Crippen LogP contribution in [0.4, 0.5) is 32.3 Å². The van der Waals surface area contributed by atoms with Crippen molar-refractivity contribution >= 4 is 34.7 Å². The Morgan fingerprint density at radius 3 is 2.33 bits per heavy atom. The maximum absolute atomic E-state index is 14.3. The van der Waals surface area contributed by atoms with Gasteiger partial charge in [-0.05, 0) is 35.9 Å². The minimum Gasteiger partial charge on any atom is -0.366 e. The van der Waals surface area contributed by atoms with Gasteiger partial charge in [-0.25, -0.2) is 9.55 Å². The van der Waals surface area contributed by atoms with E-state index in [-0.39, 0.29) is 28.7 Å². The Balaban J connectivity index is 1.88. The number of benzene rings is 2. The molecular weight excluding hydrogens is 492 g/mol. The van der Waals surface area contributed by atoms with Crippen LogP contribution in [-0.4, -0.2) is 47.4 Å². The van der Waals surface area contributed by atoms with Crippen molar-refractivity contribution < 1.29 is 35.9 Å². The van der Waals surface area contributed by atoms with Crippen LogP contribution in [0.1, 0.15) is 31.8 Å². The van der Waals surface area contributed by atoms with Crippen molar-refractivity contribution in [3.05, 3.63) is 64.7 Å². The number of allylic oxidation sites excluding steroid dienone is 1. The summed E-state index contributed by atoms with van der Waals surface area (Å²) in [6, 6.07) is 6.30. The summed E-state index contributed by atoms with van der Waals surface area (Å²) >= 11 is 0. The summed E-state index contributed by atoms with van der Waals surface area (Å²) in [5.74, 6) is -2.65. The summed E-state index contributed by atoms with van der Waals surface area (Å²) in [5.41, 5.74) is 2.40. The number of rotatable bonds is 5. The molecule has 7 nitrogen and oxygen atoms in total. The Kier molecular flexibility index (Phi) is 6.52. The van der Waals surface area contributed by atoms with Gasteiger partial charge in [0.2, 0.25) is 11.9 Å². The van der Waals surface area contributed by atoms with Crippen LogP contribution in [0, 0.1) is 0 Å². The summed E-state index contributed by atoms with van der Waals surface area (Å²) < 4.78 is 81.8. The van der Waals surface area contributed by atoms with E-state index in [1.54, 1.807) is 0 Å². The number of primary amides is 1. The molecule has 1 aliphatic heterocycles. The third kappa shape index (κ3) is 4.91. The fraction of sp³-hybridized carbons (Fsp3) is 0.261. The third-order valence-electron chi connectivity index (χ3n) is 5.61. The molecule has 1 aromatic heterocycles. The summed E-state index contributed by atoms with van der Waals surface area (Å²) in [7, 11) is 0. The molecule has 1 fully saturated rings. The minimum absolute atomic E-state index is 0.0168. The molecule has 2 aromatic carbocycles. The highest BCUT2D eigenvalue weighted by Crippen LogP contribution is 2.37. The molecule has 190 valence electrons. The van der Waals surface area contributed by atoms with E-state index in [1.165, 1.54) is 11.0 Å². The smallest absolute Gasteiger partial charge is 0.366 e. The van der Waals surface area contributed by atoms with Crippen LogP contribution in [0.15, 0.2) is 42.5 Å². The molecule has 3 aromatic rings. The number of anilines is 1. The fourth-order valence-corrected chi connectivity index (χ4v) is 4.00. The zero-order valence-electron chi connectivity index (χ0n) is 18.5. The summed E-state index contributed by atoms with van der Waals surface area (Å²) in [6.07, 6.45) is -7.81. The van der Waals surface area contributed by atoms with Crippen LogP contribution in [0.3, 0.4) is 0 Å². The predicted octanol–water partition coefficient (Wildman–Crippen LogP) is 3.94. The molecule has 1 amide bonds. The van der Waals surface area contributed by atoms with E-state index in [0.29, 0.717) is 13.1 Å². The lowest BCUT2D eigenvalue weighted by Gasteiger charge is -2.29. The van der Waals surface area contributed by atoms with Gasteiger partial charge in [0.1, 0.15) is 0 Å². The molecule has 4 rings (SSSR count). The van der Waals surface area contributed by atoms with Crippen LogP contribution < -0.4 is 16.0 Å². The van der Waals surface area contributed by atoms with Gasteiger partial charge in [-0.3, -0.25) is 9.59 Å². The average molecular weight is 511 g/mol. The highest BCUT2D eigenvalue weighted by molar-refractivity contribution is 6.20. The SMILES string of the molecule is NC(=O)c1ccc2nc(N3CCNCC3)n(C(F)(F)F)c2c1C(=O)C=Cc1cccc(C(F)(F)F)c1. The molecule has 0 spiro atoms. The standard InChI is InChI=1S/C23H19F6N5O2/c24-22(25,26)14-3-1-2-13(12-14)4-7-17(35)18-15(20(30)36)5-6-16-19(18)34(23(27,28)29)21(32-16)33-10-8-31-9-11-33/h1-7,12,31H,8-11H2,(H2,30,36). The third-order valence-corrected chi connectivity index (χ3v) is 5.61. The first-order chi connectivity index (χ1) is 16.9. The van der Waals surface area contributed by atoms with Gasteiger partial charge in [0.05, 0.1) is 27.7 Å². The zero-order valence-corrected chi connectivity index (χ0v) is 18.5. The van der Waals surface area contributed by atoms with Crippen LogP contribution >= 0.6 is 0 Å². The summed E-state index contributed by atoms with van der Waals surface area (Å²) in [5, 5.41) is 3.02. The molecule has 0 unspecified atom stereocenters. The number of halogens is 6. The minimum atomic E-state index is -5.01.